The number of anilines is 2. The van der Waals surface area contributed by atoms with E-state index in [0.29, 0.717) is 22.8 Å². The van der Waals surface area contributed by atoms with Gasteiger partial charge in [-0.3, -0.25) is 9.78 Å². The number of aromatic nitrogens is 2. The summed E-state index contributed by atoms with van der Waals surface area (Å²) < 4.78 is 5.56. The average Bonchev–Trinajstić information content (AvgIpc) is 2.94. The molecule has 3 rings (SSSR count). The van der Waals surface area contributed by atoms with E-state index in [1.807, 2.05) is 25.1 Å². The van der Waals surface area contributed by atoms with Crippen molar-refractivity contribution in [2.24, 2.45) is 5.73 Å². The molecule has 0 saturated heterocycles. The van der Waals surface area contributed by atoms with Crippen molar-refractivity contribution in [2.45, 2.75) is 6.92 Å². The Bertz CT molecular complexity index is 826. The maximum atomic E-state index is 11.4. The summed E-state index contributed by atoms with van der Waals surface area (Å²) >= 11 is 0. The molecule has 3 aromatic heterocycles. The number of furan rings is 1. The summed E-state index contributed by atoms with van der Waals surface area (Å²) in [6, 6.07) is 10.6. The van der Waals surface area contributed by atoms with Gasteiger partial charge in [-0.2, -0.15) is 0 Å². The second-order valence-electron chi connectivity index (χ2n) is 4.73. The van der Waals surface area contributed by atoms with E-state index in [1.165, 1.54) is 0 Å². The smallest absolute Gasteiger partial charge is 0.252 e. The molecule has 0 bridgehead atoms. The van der Waals surface area contributed by atoms with E-state index in [4.69, 9.17) is 10.2 Å². The monoisotopic (exact) mass is 294 g/mol. The molecule has 3 N–H and O–H groups in total. The Morgan fingerprint density at radius 1 is 1.18 bits per heavy atom. The van der Waals surface area contributed by atoms with Crippen molar-refractivity contribution in [3.63, 3.8) is 0 Å². The molecule has 0 radical (unpaired) electrons. The Morgan fingerprint density at radius 3 is 2.77 bits per heavy atom. The Morgan fingerprint density at radius 2 is 2.05 bits per heavy atom. The molecule has 0 saturated carbocycles. The number of rotatable bonds is 4. The minimum Gasteiger partial charge on any atom is -0.460 e. The van der Waals surface area contributed by atoms with Crippen molar-refractivity contribution in [3.05, 3.63) is 60.1 Å². The summed E-state index contributed by atoms with van der Waals surface area (Å²) in [7, 11) is 0. The van der Waals surface area contributed by atoms with E-state index in [9.17, 15) is 4.79 Å². The fourth-order valence-corrected chi connectivity index (χ4v) is 2.06. The van der Waals surface area contributed by atoms with Crippen LogP contribution in [-0.4, -0.2) is 15.9 Å². The zero-order valence-electron chi connectivity index (χ0n) is 11.9. The Kier molecular flexibility index (Phi) is 3.57. The zero-order valence-corrected chi connectivity index (χ0v) is 11.9. The number of carbonyl (C=O) groups excluding carboxylic acids is 1. The van der Waals surface area contributed by atoms with Gasteiger partial charge in [0.25, 0.3) is 5.91 Å². The van der Waals surface area contributed by atoms with E-state index >= 15 is 0 Å². The van der Waals surface area contributed by atoms with Crippen LogP contribution in [0.4, 0.5) is 11.5 Å². The number of aryl methyl sites for hydroxylation is 1. The van der Waals surface area contributed by atoms with Gasteiger partial charge in [0.15, 0.2) is 5.76 Å². The number of carbonyl (C=O) groups is 1. The minimum atomic E-state index is -0.536. The Labute approximate surface area is 127 Å². The predicted octanol–water partition coefficient (Wildman–Crippen LogP) is 2.89. The van der Waals surface area contributed by atoms with Gasteiger partial charge in [0.2, 0.25) is 0 Å². The quantitative estimate of drug-likeness (QED) is 0.771. The normalized spacial score (nSPS) is 10.4. The lowest BCUT2D eigenvalue weighted by Gasteiger charge is -2.09. The van der Waals surface area contributed by atoms with Crippen LogP contribution in [0.25, 0.3) is 11.5 Å². The third kappa shape index (κ3) is 2.80. The van der Waals surface area contributed by atoms with Crippen molar-refractivity contribution < 1.29 is 9.21 Å². The standard InChI is InChI=1S/C16H14N4O2/c1-10-4-5-14(22-10)13-9-11(6-8-18-13)20-16-12(15(17)21)3-2-7-19-16/h2-9H,1H3,(H2,17,21)(H,18,19,20). The molecule has 0 aliphatic rings. The molecule has 0 fully saturated rings. The summed E-state index contributed by atoms with van der Waals surface area (Å²) in [5, 5.41) is 3.08. The highest BCUT2D eigenvalue weighted by Gasteiger charge is 2.10. The molecular weight excluding hydrogens is 280 g/mol. The first-order chi connectivity index (χ1) is 10.6. The summed E-state index contributed by atoms with van der Waals surface area (Å²) in [4.78, 5) is 19.8. The molecule has 110 valence electrons. The van der Waals surface area contributed by atoms with Crippen molar-refractivity contribution in [1.82, 2.24) is 9.97 Å². The van der Waals surface area contributed by atoms with Crippen molar-refractivity contribution >= 4 is 17.4 Å². The van der Waals surface area contributed by atoms with Crippen molar-refractivity contribution in [1.29, 1.82) is 0 Å². The molecule has 6 nitrogen and oxygen atoms in total. The van der Waals surface area contributed by atoms with Crippen LogP contribution in [0.5, 0.6) is 0 Å². The molecule has 3 aromatic rings. The van der Waals surface area contributed by atoms with E-state index in [2.05, 4.69) is 15.3 Å². The third-order valence-corrected chi connectivity index (χ3v) is 3.09. The first-order valence-corrected chi connectivity index (χ1v) is 6.68. The Balaban J connectivity index is 1.92. The van der Waals surface area contributed by atoms with Gasteiger partial charge in [-0.25, -0.2) is 4.98 Å². The van der Waals surface area contributed by atoms with Gasteiger partial charge >= 0.3 is 0 Å². The van der Waals surface area contributed by atoms with Gasteiger partial charge in [0.05, 0.1) is 5.56 Å². The number of primary amides is 1. The lowest BCUT2D eigenvalue weighted by Crippen LogP contribution is -2.14. The van der Waals surface area contributed by atoms with Crippen molar-refractivity contribution in [3.8, 4) is 11.5 Å². The van der Waals surface area contributed by atoms with Gasteiger partial charge in [0.1, 0.15) is 17.3 Å². The number of pyridine rings is 2. The fraction of sp³-hybridized carbons (Fsp3) is 0.0625. The van der Waals surface area contributed by atoms with Crippen LogP contribution in [0.2, 0.25) is 0 Å². The second-order valence-corrected chi connectivity index (χ2v) is 4.73. The maximum Gasteiger partial charge on any atom is 0.252 e. The van der Waals surface area contributed by atoms with Gasteiger partial charge in [0, 0.05) is 18.1 Å². The molecule has 0 aliphatic carbocycles. The highest BCUT2D eigenvalue weighted by Crippen LogP contribution is 2.24. The minimum absolute atomic E-state index is 0.328. The van der Waals surface area contributed by atoms with Gasteiger partial charge in [-0.15, -0.1) is 0 Å². The van der Waals surface area contributed by atoms with Gasteiger partial charge in [-0.1, -0.05) is 0 Å². The molecule has 1 amide bonds. The number of hydrogen-bond acceptors (Lipinski definition) is 5. The van der Waals surface area contributed by atoms with Crippen LogP contribution >= 0.6 is 0 Å². The van der Waals surface area contributed by atoms with Crippen LogP contribution < -0.4 is 11.1 Å². The predicted molar refractivity (Wildman–Crippen MR) is 82.7 cm³/mol. The van der Waals surface area contributed by atoms with Crippen LogP contribution in [-0.2, 0) is 0 Å². The topological polar surface area (TPSA) is 94.0 Å². The van der Waals surface area contributed by atoms with E-state index < -0.39 is 5.91 Å². The van der Waals surface area contributed by atoms with Crippen LogP contribution in [0.1, 0.15) is 16.1 Å². The lowest BCUT2D eigenvalue weighted by atomic mass is 10.2. The van der Waals surface area contributed by atoms with E-state index in [1.54, 1.807) is 30.6 Å². The third-order valence-electron chi connectivity index (χ3n) is 3.09. The van der Waals surface area contributed by atoms with Crippen LogP contribution in [0.15, 0.2) is 53.2 Å². The number of nitrogens with zero attached hydrogens (tertiary/aromatic N) is 2. The number of hydrogen-bond donors (Lipinski definition) is 2. The number of nitrogens with one attached hydrogen (secondary N) is 1. The first kappa shape index (κ1) is 13.8. The fourth-order valence-electron chi connectivity index (χ4n) is 2.06. The molecule has 22 heavy (non-hydrogen) atoms. The maximum absolute atomic E-state index is 11.4. The molecule has 0 spiro atoms. The zero-order chi connectivity index (χ0) is 15.5. The van der Waals surface area contributed by atoms with E-state index in [-0.39, 0.29) is 0 Å². The highest BCUT2D eigenvalue weighted by atomic mass is 16.3. The van der Waals surface area contributed by atoms with Gasteiger partial charge < -0.3 is 15.5 Å². The number of nitrogens with two attached hydrogens (primary N) is 1. The summed E-state index contributed by atoms with van der Waals surface area (Å²) in [5.74, 6) is 1.36. The van der Waals surface area contributed by atoms with E-state index in [0.717, 1.165) is 11.4 Å². The number of amides is 1. The second kappa shape index (κ2) is 5.69. The molecule has 0 aromatic carbocycles. The Hall–Kier alpha value is -3.15. The SMILES string of the molecule is Cc1ccc(-c2cc(Nc3ncccc3C(N)=O)ccn2)o1. The molecule has 0 atom stereocenters. The molecule has 3 heterocycles. The average molecular weight is 294 g/mol. The molecular formula is C16H14N4O2. The van der Waals surface area contributed by atoms with Gasteiger partial charge in [-0.05, 0) is 43.3 Å². The van der Waals surface area contributed by atoms with Crippen LogP contribution in [0.3, 0.4) is 0 Å². The molecule has 0 aliphatic heterocycles. The summed E-state index contributed by atoms with van der Waals surface area (Å²) in [5.41, 5.74) is 7.10. The van der Waals surface area contributed by atoms with Crippen LogP contribution in [0, 0.1) is 6.92 Å². The summed E-state index contributed by atoms with van der Waals surface area (Å²) in [6.45, 7) is 1.87. The molecule has 0 unspecified atom stereocenters. The largest absolute Gasteiger partial charge is 0.460 e. The highest BCUT2D eigenvalue weighted by molar-refractivity contribution is 5.98. The lowest BCUT2D eigenvalue weighted by molar-refractivity contribution is 0.100. The first-order valence-electron chi connectivity index (χ1n) is 6.68. The van der Waals surface area contributed by atoms with Crippen molar-refractivity contribution in [2.75, 3.05) is 5.32 Å². The molecule has 6 heteroatoms. The summed E-state index contributed by atoms with van der Waals surface area (Å²) in [6.07, 6.45) is 3.25.